The fourth-order valence-electron chi connectivity index (χ4n) is 0.751. The quantitative estimate of drug-likeness (QED) is 0.594. The molecule has 0 spiro atoms. The predicted octanol–water partition coefficient (Wildman–Crippen LogP) is 1.34. The van der Waals surface area contributed by atoms with E-state index in [1.165, 1.54) is 34.0 Å². The second kappa shape index (κ2) is 3.84. The highest BCUT2D eigenvalue weighted by Crippen LogP contribution is 2.34. The lowest BCUT2D eigenvalue weighted by Crippen LogP contribution is -1.72. The summed E-state index contributed by atoms with van der Waals surface area (Å²) in [5.74, 6) is 0.0470. The summed E-state index contributed by atoms with van der Waals surface area (Å²) in [5, 5.41) is 19.0. The van der Waals surface area contributed by atoms with Gasteiger partial charge >= 0.3 is 0 Å². The molecule has 2 aromatic heterocycles. The molecule has 0 saturated carbocycles. The van der Waals surface area contributed by atoms with Crippen LogP contribution >= 0.6 is 21.6 Å². The molecule has 0 saturated heterocycles. The van der Waals surface area contributed by atoms with Gasteiger partial charge in [-0.1, -0.05) is 0 Å². The molecule has 4 N–H and O–H groups in total. The Balaban J connectivity index is 1.94. The van der Waals surface area contributed by atoms with E-state index >= 15 is 0 Å². The van der Waals surface area contributed by atoms with E-state index in [2.05, 4.69) is 19.9 Å². The second-order valence-electron chi connectivity index (χ2n) is 2.31. The number of imidazole rings is 2. The van der Waals surface area contributed by atoms with Gasteiger partial charge in [0, 0.05) is 0 Å². The van der Waals surface area contributed by atoms with Crippen molar-refractivity contribution < 1.29 is 10.2 Å². The molecule has 0 bridgehead atoms. The average molecular weight is 230 g/mol. The first-order valence-electron chi connectivity index (χ1n) is 3.56. The van der Waals surface area contributed by atoms with E-state index in [1.54, 1.807) is 0 Å². The van der Waals surface area contributed by atoms with Crippen molar-refractivity contribution in [1.82, 2.24) is 19.9 Å². The van der Waals surface area contributed by atoms with Crippen LogP contribution in [0.5, 0.6) is 11.8 Å². The lowest BCUT2D eigenvalue weighted by Gasteiger charge is -1.91. The van der Waals surface area contributed by atoms with Crippen LogP contribution in [0.15, 0.2) is 22.7 Å². The monoisotopic (exact) mass is 230 g/mol. The first-order chi connectivity index (χ1) is 6.74. The summed E-state index contributed by atoms with van der Waals surface area (Å²) in [7, 11) is 2.59. The number of rotatable bonds is 3. The molecule has 0 aliphatic carbocycles. The summed E-state index contributed by atoms with van der Waals surface area (Å²) < 4.78 is 0. The molecule has 0 atom stereocenters. The van der Waals surface area contributed by atoms with Crippen molar-refractivity contribution in [2.45, 2.75) is 10.3 Å². The molecule has 0 radical (unpaired) electrons. The van der Waals surface area contributed by atoms with Gasteiger partial charge in [0.1, 0.15) is 0 Å². The molecular formula is C6H6N4O2S2. The molecule has 2 rings (SSSR count). The number of nitrogens with zero attached hydrogens (tertiary/aromatic N) is 2. The van der Waals surface area contributed by atoms with Gasteiger partial charge in [0.15, 0.2) is 10.3 Å². The Morgan fingerprint density at radius 2 is 1.36 bits per heavy atom. The van der Waals surface area contributed by atoms with E-state index in [-0.39, 0.29) is 11.8 Å². The summed E-state index contributed by atoms with van der Waals surface area (Å²) in [6, 6.07) is 0. The molecule has 0 amide bonds. The molecule has 8 heteroatoms. The Morgan fingerprint density at radius 3 is 1.64 bits per heavy atom. The Bertz CT molecular complexity index is 387. The minimum Gasteiger partial charge on any atom is -0.493 e. The molecule has 0 aliphatic rings. The fraction of sp³-hybridized carbons (Fsp3) is 0. The van der Waals surface area contributed by atoms with Crippen LogP contribution in [0.25, 0.3) is 0 Å². The van der Waals surface area contributed by atoms with Crippen LogP contribution in [-0.2, 0) is 0 Å². The summed E-state index contributed by atoms with van der Waals surface area (Å²) in [6.45, 7) is 0. The van der Waals surface area contributed by atoms with Gasteiger partial charge < -0.3 is 20.2 Å². The van der Waals surface area contributed by atoms with Crippen molar-refractivity contribution >= 4 is 21.6 Å². The summed E-state index contributed by atoms with van der Waals surface area (Å²) in [6.07, 6.45) is 2.64. The lowest BCUT2D eigenvalue weighted by atomic mass is 10.9. The van der Waals surface area contributed by atoms with Gasteiger partial charge in [0.25, 0.3) is 0 Å². The van der Waals surface area contributed by atoms with Crippen LogP contribution in [-0.4, -0.2) is 30.1 Å². The molecule has 0 unspecified atom stereocenters. The maximum absolute atomic E-state index is 8.95. The maximum Gasteiger partial charge on any atom is 0.209 e. The third-order valence-corrected chi connectivity index (χ3v) is 3.29. The van der Waals surface area contributed by atoms with Gasteiger partial charge in [0.05, 0.1) is 12.4 Å². The summed E-state index contributed by atoms with van der Waals surface area (Å²) in [5.41, 5.74) is 0. The zero-order valence-electron chi connectivity index (χ0n) is 6.76. The molecular weight excluding hydrogens is 224 g/mol. The highest BCUT2D eigenvalue weighted by atomic mass is 33.1. The molecule has 2 aromatic rings. The van der Waals surface area contributed by atoms with Gasteiger partial charge in [-0.05, 0) is 21.6 Å². The number of hydrogen-bond donors (Lipinski definition) is 4. The first kappa shape index (κ1) is 9.28. The SMILES string of the molecule is Oc1cnc(SSc2ncc(O)[nH]2)[nH]1. The number of aromatic amines is 2. The zero-order valence-corrected chi connectivity index (χ0v) is 8.39. The van der Waals surface area contributed by atoms with E-state index in [0.717, 1.165) is 0 Å². The number of hydrogen-bond acceptors (Lipinski definition) is 6. The first-order valence-corrected chi connectivity index (χ1v) is 5.71. The minimum atomic E-state index is 0.0235. The van der Waals surface area contributed by atoms with E-state index in [4.69, 9.17) is 10.2 Å². The Labute approximate surface area is 86.6 Å². The van der Waals surface area contributed by atoms with Gasteiger partial charge in [-0.15, -0.1) is 0 Å². The third-order valence-electron chi connectivity index (χ3n) is 1.28. The number of nitrogens with one attached hydrogen (secondary N) is 2. The molecule has 0 aromatic carbocycles. The van der Waals surface area contributed by atoms with Crippen LogP contribution in [0.4, 0.5) is 0 Å². The smallest absolute Gasteiger partial charge is 0.209 e. The van der Waals surface area contributed by atoms with Gasteiger partial charge in [-0.2, -0.15) is 0 Å². The van der Waals surface area contributed by atoms with E-state index in [1.807, 2.05) is 0 Å². The van der Waals surface area contributed by atoms with E-state index in [9.17, 15) is 0 Å². The molecule has 14 heavy (non-hydrogen) atoms. The lowest BCUT2D eigenvalue weighted by molar-refractivity contribution is 0.453. The summed E-state index contributed by atoms with van der Waals surface area (Å²) in [4.78, 5) is 13.0. The zero-order chi connectivity index (χ0) is 9.97. The standard InChI is InChI=1S/C6H6N4O2S2/c11-3-1-7-5(9-3)13-14-6-8-2-4(12)10-6/h1-2,11-12H,(H,7,9)(H,8,10). The van der Waals surface area contributed by atoms with Crippen molar-refractivity contribution in [3.05, 3.63) is 12.4 Å². The van der Waals surface area contributed by atoms with Crippen LogP contribution in [0.1, 0.15) is 0 Å². The summed E-state index contributed by atoms with van der Waals surface area (Å²) >= 11 is 0. The van der Waals surface area contributed by atoms with E-state index < -0.39 is 0 Å². The second-order valence-corrected chi connectivity index (χ2v) is 4.42. The third kappa shape index (κ3) is 2.15. The highest BCUT2D eigenvalue weighted by Gasteiger charge is 2.04. The highest BCUT2D eigenvalue weighted by molar-refractivity contribution is 8.76. The van der Waals surface area contributed by atoms with Gasteiger partial charge in [-0.3, -0.25) is 0 Å². The molecule has 74 valence electrons. The number of aromatic nitrogens is 4. The van der Waals surface area contributed by atoms with Crippen molar-refractivity contribution in [1.29, 1.82) is 0 Å². The largest absolute Gasteiger partial charge is 0.493 e. The minimum absolute atomic E-state index is 0.0235. The van der Waals surface area contributed by atoms with Crippen molar-refractivity contribution in [2.75, 3.05) is 0 Å². The molecule has 0 fully saturated rings. The predicted molar refractivity (Wildman–Crippen MR) is 52.2 cm³/mol. The van der Waals surface area contributed by atoms with Crippen molar-refractivity contribution in [3.63, 3.8) is 0 Å². The van der Waals surface area contributed by atoms with E-state index in [0.29, 0.717) is 10.3 Å². The Kier molecular flexibility index (Phi) is 2.55. The fourth-order valence-corrected chi connectivity index (χ4v) is 2.38. The normalized spacial score (nSPS) is 10.6. The van der Waals surface area contributed by atoms with Gasteiger partial charge in [0.2, 0.25) is 11.8 Å². The van der Waals surface area contributed by atoms with Gasteiger partial charge in [-0.25, -0.2) is 9.97 Å². The number of aromatic hydroxyl groups is 2. The van der Waals surface area contributed by atoms with Crippen molar-refractivity contribution in [2.24, 2.45) is 0 Å². The molecule has 6 nitrogen and oxygen atoms in total. The molecule has 0 aliphatic heterocycles. The Morgan fingerprint density at radius 1 is 0.929 bits per heavy atom. The average Bonchev–Trinajstić information content (AvgIpc) is 2.72. The van der Waals surface area contributed by atoms with Crippen LogP contribution in [0.3, 0.4) is 0 Å². The maximum atomic E-state index is 8.95. The van der Waals surface area contributed by atoms with Crippen LogP contribution < -0.4 is 0 Å². The van der Waals surface area contributed by atoms with Crippen LogP contribution in [0, 0.1) is 0 Å². The molecule has 2 heterocycles. The van der Waals surface area contributed by atoms with Crippen molar-refractivity contribution in [3.8, 4) is 11.8 Å². The Hall–Kier alpha value is -1.28. The topological polar surface area (TPSA) is 97.8 Å². The van der Waals surface area contributed by atoms with Crippen LogP contribution in [0.2, 0.25) is 0 Å². The number of H-pyrrole nitrogens is 2.